The van der Waals surface area contributed by atoms with Crippen LogP contribution in [-0.4, -0.2) is 58.2 Å². The van der Waals surface area contributed by atoms with Crippen LogP contribution in [0.15, 0.2) is 48.5 Å². The van der Waals surface area contributed by atoms with E-state index in [0.29, 0.717) is 5.56 Å². The molecule has 8 nitrogen and oxygen atoms in total. The van der Waals surface area contributed by atoms with E-state index in [4.69, 9.17) is 4.74 Å². The molecule has 0 aliphatic rings. The highest BCUT2D eigenvalue weighted by molar-refractivity contribution is 5.92. The summed E-state index contributed by atoms with van der Waals surface area (Å²) in [6.45, 7) is 14.2. The molecule has 3 amide bonds. The molecule has 2 aromatic carbocycles. The fraction of sp³-hybridized carbons (Fsp3) is 0.500. The number of alkyl carbamates (subject to hydrolysis) is 1. The number of nitrogens with zero attached hydrogens (tertiary/aromatic N) is 1. The zero-order valence-corrected chi connectivity index (χ0v) is 23.9. The molecule has 2 rings (SSSR count). The highest BCUT2D eigenvalue weighted by Crippen LogP contribution is 2.27. The number of ether oxygens (including phenoxy) is 1. The van der Waals surface area contributed by atoms with Crippen LogP contribution in [0.5, 0.6) is 0 Å². The van der Waals surface area contributed by atoms with Crippen molar-refractivity contribution in [2.75, 3.05) is 13.2 Å². The number of hydrogen-bond donors (Lipinski definition) is 3. The van der Waals surface area contributed by atoms with E-state index >= 15 is 0 Å². The molecule has 0 aliphatic heterocycles. The van der Waals surface area contributed by atoms with Gasteiger partial charge in [0.1, 0.15) is 17.7 Å². The van der Waals surface area contributed by atoms with Gasteiger partial charge >= 0.3 is 6.09 Å². The lowest BCUT2D eigenvalue weighted by Gasteiger charge is -2.36. The number of nitrogens with one attached hydrogen (secondary N) is 2. The lowest BCUT2D eigenvalue weighted by Crippen LogP contribution is -2.55. The summed E-state index contributed by atoms with van der Waals surface area (Å²) >= 11 is 0. The average Bonchev–Trinajstić information content (AvgIpc) is 2.77. The van der Waals surface area contributed by atoms with Crippen LogP contribution in [0.1, 0.15) is 69.8 Å². The van der Waals surface area contributed by atoms with E-state index in [1.807, 2.05) is 83.1 Å². The van der Waals surface area contributed by atoms with E-state index in [0.717, 1.165) is 16.7 Å². The number of benzene rings is 2. The van der Waals surface area contributed by atoms with Crippen LogP contribution in [0.3, 0.4) is 0 Å². The van der Waals surface area contributed by atoms with Gasteiger partial charge in [-0.15, -0.1) is 0 Å². The molecule has 0 fully saturated rings. The molecule has 8 heteroatoms. The Balaban J connectivity index is 2.57. The summed E-state index contributed by atoms with van der Waals surface area (Å²) in [4.78, 5) is 42.0. The van der Waals surface area contributed by atoms with Gasteiger partial charge in [0.05, 0.1) is 6.61 Å². The molecule has 0 heterocycles. The third-order valence-electron chi connectivity index (χ3n) is 5.67. The van der Waals surface area contributed by atoms with Crippen LogP contribution in [0.25, 0.3) is 0 Å². The normalized spacial score (nSPS) is 13.3. The number of carbonyl (C=O) groups excluding carboxylic acids is 3. The maximum absolute atomic E-state index is 14.2. The number of aliphatic hydroxyl groups excluding tert-OH is 1. The number of carbonyl (C=O) groups is 3. The van der Waals surface area contributed by atoms with E-state index in [1.54, 1.807) is 20.8 Å². The van der Waals surface area contributed by atoms with Crippen molar-refractivity contribution in [2.24, 2.45) is 0 Å². The van der Waals surface area contributed by atoms with Crippen LogP contribution >= 0.6 is 0 Å². The molecule has 2 atom stereocenters. The first-order chi connectivity index (χ1) is 17.6. The lowest BCUT2D eigenvalue weighted by atomic mass is 9.95. The lowest BCUT2D eigenvalue weighted by molar-refractivity contribution is -0.143. The molecule has 0 aliphatic carbocycles. The summed E-state index contributed by atoms with van der Waals surface area (Å²) in [5.74, 6) is -0.871. The van der Waals surface area contributed by atoms with Gasteiger partial charge < -0.3 is 25.4 Å². The van der Waals surface area contributed by atoms with Crippen LogP contribution < -0.4 is 10.6 Å². The SMILES string of the molecule is Cc1ccc(C(C(=O)NC(C)(C)C)N(CCO)C(=O)C(Cc2ccccc2)NC(=O)OC(C)(C)C)c(C)c1. The molecule has 0 aromatic heterocycles. The minimum atomic E-state index is -1.03. The minimum absolute atomic E-state index is 0.102. The Labute approximate surface area is 226 Å². The van der Waals surface area contributed by atoms with Gasteiger partial charge in [-0.05, 0) is 72.1 Å². The first-order valence-electron chi connectivity index (χ1n) is 13.0. The predicted octanol–water partition coefficient (Wildman–Crippen LogP) is 4.22. The van der Waals surface area contributed by atoms with Crippen molar-refractivity contribution in [3.05, 3.63) is 70.8 Å². The van der Waals surface area contributed by atoms with Gasteiger partial charge in [0.25, 0.3) is 0 Å². The summed E-state index contributed by atoms with van der Waals surface area (Å²) in [6.07, 6.45) is -0.556. The summed E-state index contributed by atoms with van der Waals surface area (Å²) in [5.41, 5.74) is 2.02. The number of hydrogen-bond acceptors (Lipinski definition) is 5. The highest BCUT2D eigenvalue weighted by atomic mass is 16.6. The molecular weight excluding hydrogens is 482 g/mol. The van der Waals surface area contributed by atoms with E-state index < -0.39 is 35.2 Å². The second kappa shape index (κ2) is 12.9. The van der Waals surface area contributed by atoms with Crippen molar-refractivity contribution in [2.45, 2.75) is 85.0 Å². The molecule has 38 heavy (non-hydrogen) atoms. The van der Waals surface area contributed by atoms with E-state index in [-0.39, 0.29) is 25.5 Å². The monoisotopic (exact) mass is 525 g/mol. The fourth-order valence-electron chi connectivity index (χ4n) is 4.20. The molecule has 0 saturated carbocycles. The second-order valence-corrected chi connectivity index (χ2v) is 11.6. The van der Waals surface area contributed by atoms with Gasteiger partial charge in [0.15, 0.2) is 0 Å². The first kappa shape index (κ1) is 30.8. The highest BCUT2D eigenvalue weighted by Gasteiger charge is 2.37. The third kappa shape index (κ3) is 9.49. The van der Waals surface area contributed by atoms with Crippen molar-refractivity contribution in [1.29, 1.82) is 0 Å². The van der Waals surface area contributed by atoms with Gasteiger partial charge in [0.2, 0.25) is 11.8 Å². The number of aryl methyl sites for hydroxylation is 2. The number of amides is 3. The Morgan fingerprint density at radius 1 is 0.974 bits per heavy atom. The Hall–Kier alpha value is -3.39. The second-order valence-electron chi connectivity index (χ2n) is 11.6. The van der Waals surface area contributed by atoms with Gasteiger partial charge in [-0.1, -0.05) is 54.1 Å². The van der Waals surface area contributed by atoms with Crippen molar-refractivity contribution in [1.82, 2.24) is 15.5 Å². The summed E-state index contributed by atoms with van der Waals surface area (Å²) in [7, 11) is 0. The van der Waals surface area contributed by atoms with Crippen molar-refractivity contribution in [3.63, 3.8) is 0 Å². The predicted molar refractivity (Wildman–Crippen MR) is 149 cm³/mol. The molecular formula is C30H43N3O5. The zero-order chi connectivity index (χ0) is 28.7. The minimum Gasteiger partial charge on any atom is -0.444 e. The van der Waals surface area contributed by atoms with E-state index in [2.05, 4.69) is 10.6 Å². The fourth-order valence-corrected chi connectivity index (χ4v) is 4.20. The molecule has 0 bridgehead atoms. The van der Waals surface area contributed by atoms with Crippen molar-refractivity contribution >= 4 is 17.9 Å². The first-order valence-corrected chi connectivity index (χ1v) is 13.0. The Kier molecular flexibility index (Phi) is 10.5. The smallest absolute Gasteiger partial charge is 0.408 e. The van der Waals surface area contributed by atoms with E-state index in [9.17, 15) is 19.5 Å². The van der Waals surface area contributed by atoms with Gasteiger partial charge in [-0.2, -0.15) is 0 Å². The number of rotatable bonds is 9. The quantitative estimate of drug-likeness (QED) is 0.454. The average molecular weight is 526 g/mol. The maximum atomic E-state index is 14.2. The molecule has 208 valence electrons. The topological polar surface area (TPSA) is 108 Å². The maximum Gasteiger partial charge on any atom is 0.408 e. The Bertz CT molecular complexity index is 1100. The largest absolute Gasteiger partial charge is 0.444 e. The van der Waals surface area contributed by atoms with Crippen molar-refractivity contribution < 1.29 is 24.2 Å². The summed E-state index contributed by atoms with van der Waals surface area (Å²) < 4.78 is 5.44. The Morgan fingerprint density at radius 3 is 2.13 bits per heavy atom. The molecule has 0 radical (unpaired) electrons. The van der Waals surface area contributed by atoms with Crippen LogP contribution in [0.2, 0.25) is 0 Å². The van der Waals surface area contributed by atoms with Gasteiger partial charge in [-0.3, -0.25) is 9.59 Å². The third-order valence-corrected chi connectivity index (χ3v) is 5.67. The van der Waals surface area contributed by atoms with Gasteiger partial charge in [-0.25, -0.2) is 4.79 Å². The molecule has 3 N–H and O–H groups in total. The van der Waals surface area contributed by atoms with Crippen LogP contribution in [0.4, 0.5) is 4.79 Å². The van der Waals surface area contributed by atoms with E-state index in [1.165, 1.54) is 4.90 Å². The van der Waals surface area contributed by atoms with Crippen LogP contribution in [0, 0.1) is 13.8 Å². The number of aliphatic hydroxyl groups is 1. The molecule has 0 saturated heterocycles. The summed E-state index contributed by atoms with van der Waals surface area (Å²) in [5, 5.41) is 15.7. The molecule has 0 spiro atoms. The van der Waals surface area contributed by atoms with Crippen molar-refractivity contribution in [3.8, 4) is 0 Å². The van der Waals surface area contributed by atoms with Gasteiger partial charge in [0, 0.05) is 18.5 Å². The van der Waals surface area contributed by atoms with Crippen LogP contribution in [-0.2, 0) is 20.7 Å². The molecule has 2 aromatic rings. The summed E-state index contributed by atoms with van der Waals surface area (Å²) in [6, 6.07) is 12.9. The Morgan fingerprint density at radius 2 is 1.61 bits per heavy atom. The standard InChI is InChI=1S/C30H43N3O5/c1-20-14-15-23(21(2)18-20)25(26(35)32-29(3,4)5)33(16-17-34)27(36)24(19-22-12-10-9-11-13-22)31-28(37)38-30(6,7)8/h9-15,18,24-25,34H,16-17,19H2,1-8H3,(H,31,37)(H,32,35). The molecule has 2 unspecified atom stereocenters. The zero-order valence-electron chi connectivity index (χ0n) is 23.9.